The molecule has 0 spiro atoms. The molecular formula is C19H17NO6. The first-order valence-corrected chi connectivity index (χ1v) is 7.65. The second-order valence-corrected chi connectivity index (χ2v) is 5.56. The van der Waals surface area contributed by atoms with Crippen molar-refractivity contribution in [2.24, 2.45) is 0 Å². The van der Waals surface area contributed by atoms with Crippen LogP contribution in [0, 0.1) is 0 Å². The van der Waals surface area contributed by atoms with Gasteiger partial charge in [-0.15, -0.1) is 0 Å². The van der Waals surface area contributed by atoms with Gasteiger partial charge in [-0.25, -0.2) is 4.79 Å². The van der Waals surface area contributed by atoms with Gasteiger partial charge in [0.25, 0.3) is 0 Å². The van der Waals surface area contributed by atoms with E-state index >= 15 is 0 Å². The molecule has 0 bridgehead atoms. The smallest absolute Gasteiger partial charge is 0.339 e. The van der Waals surface area contributed by atoms with Gasteiger partial charge < -0.3 is 30.1 Å². The minimum atomic E-state index is -1.21. The van der Waals surface area contributed by atoms with Gasteiger partial charge in [0.15, 0.2) is 17.2 Å². The molecule has 7 nitrogen and oxygen atoms in total. The molecule has 0 saturated carbocycles. The van der Waals surface area contributed by atoms with Crippen LogP contribution in [0.1, 0.15) is 21.5 Å². The third-order valence-corrected chi connectivity index (χ3v) is 3.98. The highest BCUT2D eigenvalue weighted by atomic mass is 16.5. The van der Waals surface area contributed by atoms with Crippen molar-refractivity contribution >= 4 is 23.8 Å². The average molecular weight is 355 g/mol. The molecule has 0 saturated heterocycles. The fraction of sp³-hybridized carbons (Fsp3) is 0.105. The fourth-order valence-electron chi connectivity index (χ4n) is 2.68. The zero-order chi connectivity index (χ0) is 18.8. The summed E-state index contributed by atoms with van der Waals surface area (Å²) in [7, 11) is 2.87. The average Bonchev–Trinajstić information content (AvgIpc) is 2.63. The van der Waals surface area contributed by atoms with Gasteiger partial charge in [-0.3, -0.25) is 0 Å². The van der Waals surface area contributed by atoms with E-state index in [1.807, 2.05) is 0 Å². The summed E-state index contributed by atoms with van der Waals surface area (Å²) in [5.41, 5.74) is 2.10. The largest absolute Gasteiger partial charge is 0.505 e. The lowest BCUT2D eigenvalue weighted by Crippen LogP contribution is -2.06. The van der Waals surface area contributed by atoms with Crippen molar-refractivity contribution in [2.75, 3.05) is 19.5 Å². The second kappa shape index (κ2) is 6.72. The number of methoxy groups -OCH3 is 2. The van der Waals surface area contributed by atoms with E-state index in [0.717, 1.165) is 0 Å². The summed E-state index contributed by atoms with van der Waals surface area (Å²) < 4.78 is 10.3. The maximum absolute atomic E-state index is 11.2. The summed E-state index contributed by atoms with van der Waals surface area (Å²) in [5.74, 6) is -1.12. The van der Waals surface area contributed by atoms with Crippen molar-refractivity contribution in [3.05, 3.63) is 52.7 Å². The summed E-state index contributed by atoms with van der Waals surface area (Å²) in [4.78, 5) is 11.2. The van der Waals surface area contributed by atoms with Crippen LogP contribution >= 0.6 is 0 Å². The van der Waals surface area contributed by atoms with E-state index in [2.05, 4.69) is 5.32 Å². The molecule has 0 atom stereocenters. The van der Waals surface area contributed by atoms with Crippen LogP contribution in [-0.2, 0) is 0 Å². The SMILES string of the molecule is COc1cc(/C=C2\C=Cc3ccc(C(=O)O)c(O)c3N2)cc(OC)c1O. The van der Waals surface area contributed by atoms with E-state index in [9.17, 15) is 15.0 Å². The number of aromatic hydroxyl groups is 2. The van der Waals surface area contributed by atoms with Gasteiger partial charge in [-0.05, 0) is 35.9 Å². The molecule has 134 valence electrons. The zero-order valence-corrected chi connectivity index (χ0v) is 14.1. The third kappa shape index (κ3) is 3.02. The van der Waals surface area contributed by atoms with Gasteiger partial charge in [-0.1, -0.05) is 12.1 Å². The molecule has 0 amide bonds. The molecule has 2 aromatic carbocycles. The van der Waals surface area contributed by atoms with Crippen LogP contribution in [0.2, 0.25) is 0 Å². The van der Waals surface area contributed by atoms with E-state index in [4.69, 9.17) is 14.6 Å². The minimum absolute atomic E-state index is 0.0987. The molecule has 0 radical (unpaired) electrons. The molecule has 3 rings (SSSR count). The van der Waals surface area contributed by atoms with Crippen molar-refractivity contribution < 1.29 is 29.6 Å². The van der Waals surface area contributed by atoms with E-state index in [1.165, 1.54) is 20.3 Å². The summed E-state index contributed by atoms with van der Waals surface area (Å²) in [6.45, 7) is 0. The lowest BCUT2D eigenvalue weighted by Gasteiger charge is -2.18. The third-order valence-electron chi connectivity index (χ3n) is 3.98. The number of ether oxygens (including phenoxy) is 2. The number of hydrogen-bond acceptors (Lipinski definition) is 6. The van der Waals surface area contributed by atoms with E-state index < -0.39 is 5.97 Å². The Morgan fingerprint density at radius 2 is 1.69 bits per heavy atom. The topological polar surface area (TPSA) is 108 Å². The molecule has 0 unspecified atom stereocenters. The van der Waals surface area contributed by atoms with Gasteiger partial charge in [0, 0.05) is 11.3 Å². The first-order chi connectivity index (χ1) is 12.4. The molecule has 7 heteroatoms. The van der Waals surface area contributed by atoms with Crippen LogP contribution in [0.3, 0.4) is 0 Å². The summed E-state index contributed by atoms with van der Waals surface area (Å²) >= 11 is 0. The monoisotopic (exact) mass is 355 g/mol. The lowest BCUT2D eigenvalue weighted by molar-refractivity contribution is 0.0694. The lowest BCUT2D eigenvalue weighted by atomic mass is 10.0. The standard InChI is InChI=1S/C19H17NO6/c1-25-14-8-10(9-15(26-2)18(14)22)7-12-5-3-11-4-6-13(19(23)24)17(21)16(11)20-12/h3-9,20-22H,1-2H3,(H,23,24)/b12-7+. The molecule has 0 fully saturated rings. The molecule has 1 aliphatic rings. The molecule has 1 heterocycles. The fourth-order valence-corrected chi connectivity index (χ4v) is 2.68. The van der Waals surface area contributed by atoms with Gasteiger partial charge in [0.05, 0.1) is 19.9 Å². The quantitative estimate of drug-likeness (QED) is 0.623. The van der Waals surface area contributed by atoms with Crippen molar-refractivity contribution in [1.29, 1.82) is 0 Å². The Balaban J connectivity index is 2.01. The van der Waals surface area contributed by atoms with Crippen LogP contribution in [0.5, 0.6) is 23.0 Å². The number of phenolic OH excluding ortho intramolecular Hbond substituents is 1. The van der Waals surface area contributed by atoms with E-state index in [0.29, 0.717) is 22.5 Å². The number of phenols is 2. The van der Waals surface area contributed by atoms with Crippen LogP contribution in [0.15, 0.2) is 36.0 Å². The Morgan fingerprint density at radius 3 is 2.27 bits per heavy atom. The highest BCUT2D eigenvalue weighted by molar-refractivity contribution is 5.96. The van der Waals surface area contributed by atoms with Crippen LogP contribution in [0.4, 0.5) is 5.69 Å². The normalized spacial score (nSPS) is 13.8. The number of aromatic carboxylic acids is 1. The Morgan fingerprint density at radius 1 is 1.04 bits per heavy atom. The number of rotatable bonds is 4. The number of carbonyl (C=O) groups is 1. The van der Waals surface area contributed by atoms with Gasteiger partial charge in [0.2, 0.25) is 5.75 Å². The van der Waals surface area contributed by atoms with Crippen LogP contribution in [-0.4, -0.2) is 35.5 Å². The van der Waals surface area contributed by atoms with E-state index in [-0.39, 0.29) is 28.6 Å². The Hall–Kier alpha value is -3.61. The summed E-state index contributed by atoms with van der Waals surface area (Å²) in [5, 5.41) is 32.3. The molecule has 4 N–H and O–H groups in total. The number of nitrogens with one attached hydrogen (secondary N) is 1. The molecule has 26 heavy (non-hydrogen) atoms. The zero-order valence-electron chi connectivity index (χ0n) is 14.1. The van der Waals surface area contributed by atoms with Gasteiger partial charge in [-0.2, -0.15) is 0 Å². The second-order valence-electron chi connectivity index (χ2n) is 5.56. The van der Waals surface area contributed by atoms with Gasteiger partial charge in [0.1, 0.15) is 5.56 Å². The summed E-state index contributed by atoms with van der Waals surface area (Å²) in [6, 6.07) is 6.23. The Bertz CT molecular complexity index is 920. The first-order valence-electron chi connectivity index (χ1n) is 7.65. The first kappa shape index (κ1) is 17.2. The van der Waals surface area contributed by atoms with Crippen molar-refractivity contribution in [3.63, 3.8) is 0 Å². The number of anilines is 1. The molecule has 2 aromatic rings. The van der Waals surface area contributed by atoms with Gasteiger partial charge >= 0.3 is 5.97 Å². The summed E-state index contributed by atoms with van der Waals surface area (Å²) in [6.07, 6.45) is 5.29. The number of allylic oxidation sites excluding steroid dienone is 1. The van der Waals surface area contributed by atoms with Crippen molar-refractivity contribution in [1.82, 2.24) is 0 Å². The minimum Gasteiger partial charge on any atom is -0.505 e. The molecule has 0 aliphatic carbocycles. The Kier molecular flexibility index (Phi) is 4.45. The predicted molar refractivity (Wildman–Crippen MR) is 96.9 cm³/mol. The highest BCUT2D eigenvalue weighted by Gasteiger charge is 2.19. The molecule has 1 aliphatic heterocycles. The highest BCUT2D eigenvalue weighted by Crippen LogP contribution is 2.39. The Labute approximate surface area is 149 Å². The van der Waals surface area contributed by atoms with Crippen molar-refractivity contribution in [2.45, 2.75) is 0 Å². The molecule has 0 aromatic heterocycles. The van der Waals surface area contributed by atoms with Crippen molar-refractivity contribution in [3.8, 4) is 23.0 Å². The molecular weight excluding hydrogens is 338 g/mol. The van der Waals surface area contributed by atoms with Crippen LogP contribution < -0.4 is 14.8 Å². The number of fused-ring (bicyclic) bond motifs is 1. The number of carboxylic acids is 1. The number of carboxylic acid groups (broad SMARTS) is 1. The predicted octanol–water partition coefficient (Wildman–Crippen LogP) is 3.29. The number of hydrogen-bond donors (Lipinski definition) is 4. The maximum Gasteiger partial charge on any atom is 0.339 e. The van der Waals surface area contributed by atoms with Crippen LogP contribution in [0.25, 0.3) is 12.2 Å². The maximum atomic E-state index is 11.2. The number of benzene rings is 2. The van der Waals surface area contributed by atoms with E-state index in [1.54, 1.807) is 36.4 Å².